The normalized spacial score (nSPS) is 11.9. The van der Waals surface area contributed by atoms with Crippen molar-refractivity contribution in [1.29, 1.82) is 0 Å². The van der Waals surface area contributed by atoms with Gasteiger partial charge < -0.3 is 10.4 Å². The van der Waals surface area contributed by atoms with E-state index in [1.54, 1.807) is 0 Å². The standard InChI is InChI=1S/C17H20ClN3O3/c1-2-3-9-13(17(23)24)20-14-10-19-21(16(22)15(14)18)11-12-7-5-4-6-8-12/h4-8,10,13,20H,2-3,9,11H2,1H3,(H,23,24). The Labute approximate surface area is 145 Å². The minimum atomic E-state index is -0.979. The van der Waals surface area contributed by atoms with Crippen molar-refractivity contribution in [2.75, 3.05) is 5.32 Å². The quantitative estimate of drug-likeness (QED) is 0.765. The Kier molecular flexibility index (Phi) is 6.37. The summed E-state index contributed by atoms with van der Waals surface area (Å²) in [6.07, 6.45) is 3.50. The largest absolute Gasteiger partial charge is 0.480 e. The van der Waals surface area contributed by atoms with Crippen LogP contribution in [0.1, 0.15) is 31.7 Å². The highest BCUT2D eigenvalue weighted by Crippen LogP contribution is 2.18. The predicted molar refractivity (Wildman–Crippen MR) is 93.6 cm³/mol. The van der Waals surface area contributed by atoms with E-state index in [0.717, 1.165) is 18.4 Å². The first-order chi connectivity index (χ1) is 11.5. The van der Waals surface area contributed by atoms with Gasteiger partial charge in [0.1, 0.15) is 11.1 Å². The van der Waals surface area contributed by atoms with Crippen LogP contribution >= 0.6 is 11.6 Å². The van der Waals surface area contributed by atoms with Crippen LogP contribution in [0.4, 0.5) is 5.69 Å². The lowest BCUT2D eigenvalue weighted by atomic mass is 10.1. The summed E-state index contributed by atoms with van der Waals surface area (Å²) in [6.45, 7) is 2.29. The van der Waals surface area contributed by atoms with Crippen LogP contribution in [0.15, 0.2) is 41.3 Å². The molecule has 0 aliphatic carbocycles. The maximum Gasteiger partial charge on any atom is 0.326 e. The summed E-state index contributed by atoms with van der Waals surface area (Å²) in [7, 11) is 0. The molecule has 0 aliphatic rings. The van der Waals surface area contributed by atoms with Crippen LogP contribution in [-0.2, 0) is 11.3 Å². The van der Waals surface area contributed by atoms with Gasteiger partial charge in [0.05, 0.1) is 18.4 Å². The Morgan fingerprint density at radius 2 is 2.08 bits per heavy atom. The van der Waals surface area contributed by atoms with Gasteiger partial charge in [-0.1, -0.05) is 61.7 Å². The summed E-state index contributed by atoms with van der Waals surface area (Å²) in [5.74, 6) is -0.979. The monoisotopic (exact) mass is 349 g/mol. The Balaban J connectivity index is 2.20. The molecule has 1 aromatic heterocycles. The molecule has 0 bridgehead atoms. The second-order valence-corrected chi connectivity index (χ2v) is 5.88. The van der Waals surface area contributed by atoms with Gasteiger partial charge in [0.2, 0.25) is 0 Å². The van der Waals surface area contributed by atoms with Crippen molar-refractivity contribution in [2.45, 2.75) is 38.8 Å². The first kappa shape index (κ1) is 18.0. The number of anilines is 1. The third kappa shape index (κ3) is 4.58. The molecule has 0 saturated heterocycles. The fourth-order valence-electron chi connectivity index (χ4n) is 2.29. The van der Waals surface area contributed by atoms with E-state index >= 15 is 0 Å². The average Bonchev–Trinajstić information content (AvgIpc) is 2.58. The number of benzene rings is 1. The molecule has 0 amide bonds. The first-order valence-corrected chi connectivity index (χ1v) is 8.19. The predicted octanol–water partition coefficient (Wildman–Crippen LogP) is 3.00. The van der Waals surface area contributed by atoms with Crippen LogP contribution in [0, 0.1) is 0 Å². The van der Waals surface area contributed by atoms with Gasteiger partial charge in [-0.15, -0.1) is 0 Å². The number of nitrogens with one attached hydrogen (secondary N) is 1. The van der Waals surface area contributed by atoms with Crippen LogP contribution in [-0.4, -0.2) is 26.9 Å². The number of hydrogen-bond donors (Lipinski definition) is 2. The van der Waals surface area contributed by atoms with Gasteiger partial charge in [0.25, 0.3) is 5.56 Å². The Morgan fingerprint density at radius 1 is 1.38 bits per heavy atom. The number of rotatable bonds is 8. The molecule has 0 saturated carbocycles. The second-order valence-electron chi connectivity index (χ2n) is 5.50. The molecule has 2 aromatic rings. The number of halogens is 1. The van der Waals surface area contributed by atoms with Crippen molar-refractivity contribution < 1.29 is 9.90 Å². The van der Waals surface area contributed by atoms with Gasteiger partial charge in [-0.3, -0.25) is 4.79 Å². The molecule has 1 atom stereocenters. The van der Waals surface area contributed by atoms with E-state index in [4.69, 9.17) is 11.6 Å². The zero-order chi connectivity index (χ0) is 17.5. The van der Waals surface area contributed by atoms with Gasteiger partial charge >= 0.3 is 5.97 Å². The molecule has 6 nitrogen and oxygen atoms in total. The minimum Gasteiger partial charge on any atom is -0.480 e. The molecule has 128 valence electrons. The first-order valence-electron chi connectivity index (χ1n) is 7.81. The highest BCUT2D eigenvalue weighted by molar-refractivity contribution is 6.33. The van der Waals surface area contributed by atoms with Crippen molar-refractivity contribution in [2.24, 2.45) is 0 Å². The SMILES string of the molecule is CCCCC(Nc1cnn(Cc2ccccc2)c(=O)c1Cl)C(=O)O. The molecule has 2 rings (SSSR count). The molecule has 2 N–H and O–H groups in total. The number of nitrogens with zero attached hydrogens (tertiary/aromatic N) is 2. The average molecular weight is 350 g/mol. The van der Waals surface area contributed by atoms with Gasteiger partial charge in [-0.2, -0.15) is 5.10 Å². The van der Waals surface area contributed by atoms with Crippen LogP contribution in [0.2, 0.25) is 5.02 Å². The number of carbonyl (C=O) groups is 1. The van der Waals surface area contributed by atoms with E-state index in [9.17, 15) is 14.7 Å². The van der Waals surface area contributed by atoms with Gasteiger partial charge in [-0.25, -0.2) is 9.48 Å². The fraction of sp³-hybridized carbons (Fsp3) is 0.353. The van der Waals surface area contributed by atoms with E-state index in [0.29, 0.717) is 13.0 Å². The number of carboxylic acid groups (broad SMARTS) is 1. The van der Waals surface area contributed by atoms with E-state index in [1.165, 1.54) is 10.9 Å². The Morgan fingerprint density at radius 3 is 2.71 bits per heavy atom. The third-order valence-electron chi connectivity index (χ3n) is 3.63. The van der Waals surface area contributed by atoms with E-state index in [-0.39, 0.29) is 10.7 Å². The smallest absolute Gasteiger partial charge is 0.326 e. The van der Waals surface area contributed by atoms with Crippen LogP contribution < -0.4 is 10.9 Å². The van der Waals surface area contributed by atoms with Gasteiger partial charge in [-0.05, 0) is 12.0 Å². The van der Waals surface area contributed by atoms with Crippen molar-refractivity contribution in [3.63, 3.8) is 0 Å². The zero-order valence-electron chi connectivity index (χ0n) is 13.4. The van der Waals surface area contributed by atoms with Crippen molar-refractivity contribution >= 4 is 23.3 Å². The molecular weight excluding hydrogens is 330 g/mol. The molecule has 1 unspecified atom stereocenters. The van der Waals surface area contributed by atoms with Crippen LogP contribution in [0.3, 0.4) is 0 Å². The molecule has 0 fully saturated rings. The lowest BCUT2D eigenvalue weighted by Crippen LogP contribution is -2.31. The number of carboxylic acids is 1. The molecule has 7 heteroatoms. The summed E-state index contributed by atoms with van der Waals surface area (Å²) in [4.78, 5) is 23.6. The number of unbranched alkanes of at least 4 members (excludes halogenated alkanes) is 1. The Hall–Kier alpha value is -2.34. The topological polar surface area (TPSA) is 84.2 Å². The number of hydrogen-bond acceptors (Lipinski definition) is 4. The number of aliphatic carboxylic acids is 1. The molecule has 0 radical (unpaired) electrons. The summed E-state index contributed by atoms with van der Waals surface area (Å²) in [5, 5.41) is 16.1. The van der Waals surface area contributed by atoms with Crippen LogP contribution in [0.5, 0.6) is 0 Å². The Bertz CT molecular complexity index is 746. The van der Waals surface area contributed by atoms with E-state index in [2.05, 4.69) is 10.4 Å². The summed E-state index contributed by atoms with van der Waals surface area (Å²) >= 11 is 6.12. The molecule has 0 spiro atoms. The van der Waals surface area contributed by atoms with Crippen molar-refractivity contribution in [3.05, 3.63) is 57.5 Å². The molecular formula is C17H20ClN3O3. The summed E-state index contributed by atoms with van der Waals surface area (Å²) in [6, 6.07) is 8.63. The van der Waals surface area contributed by atoms with E-state index in [1.807, 2.05) is 37.3 Å². The van der Waals surface area contributed by atoms with Gasteiger partial charge in [0, 0.05) is 0 Å². The van der Waals surface area contributed by atoms with Gasteiger partial charge in [0.15, 0.2) is 0 Å². The molecule has 24 heavy (non-hydrogen) atoms. The third-order valence-corrected chi connectivity index (χ3v) is 4.00. The maximum atomic E-state index is 12.3. The highest BCUT2D eigenvalue weighted by atomic mass is 35.5. The van der Waals surface area contributed by atoms with Crippen molar-refractivity contribution in [3.8, 4) is 0 Å². The maximum absolute atomic E-state index is 12.3. The summed E-state index contributed by atoms with van der Waals surface area (Å²) < 4.78 is 1.25. The summed E-state index contributed by atoms with van der Waals surface area (Å²) in [5.41, 5.74) is 0.717. The number of aromatic nitrogens is 2. The molecule has 1 heterocycles. The zero-order valence-corrected chi connectivity index (χ0v) is 14.2. The second kappa shape index (κ2) is 8.49. The van der Waals surface area contributed by atoms with E-state index < -0.39 is 17.6 Å². The molecule has 0 aliphatic heterocycles. The lowest BCUT2D eigenvalue weighted by Gasteiger charge is -2.16. The molecule has 1 aromatic carbocycles. The van der Waals surface area contributed by atoms with Crippen molar-refractivity contribution in [1.82, 2.24) is 9.78 Å². The highest BCUT2D eigenvalue weighted by Gasteiger charge is 2.19. The lowest BCUT2D eigenvalue weighted by molar-refractivity contribution is -0.138. The minimum absolute atomic E-state index is 0.0521. The fourth-order valence-corrected chi connectivity index (χ4v) is 2.49. The van der Waals surface area contributed by atoms with Crippen LogP contribution in [0.25, 0.3) is 0 Å².